The summed E-state index contributed by atoms with van der Waals surface area (Å²) < 4.78 is 14.4. The number of rotatable bonds is 2. The molecule has 3 N–H and O–H groups in total. The van der Waals surface area contributed by atoms with Gasteiger partial charge in [-0.05, 0) is 42.6 Å². The van der Waals surface area contributed by atoms with E-state index in [1.807, 2.05) is 13.0 Å². The summed E-state index contributed by atoms with van der Waals surface area (Å²) in [5.41, 5.74) is 3.28. The van der Waals surface area contributed by atoms with Crippen molar-refractivity contribution in [1.29, 1.82) is 0 Å². The molecule has 3 rings (SSSR count). The molecule has 1 aliphatic heterocycles. The number of aryl methyl sites for hydroxylation is 1. The normalized spacial score (nSPS) is 13.2. The fourth-order valence-corrected chi connectivity index (χ4v) is 2.51. The van der Waals surface area contributed by atoms with Gasteiger partial charge in [0.2, 0.25) is 0 Å². The van der Waals surface area contributed by atoms with Gasteiger partial charge in [0, 0.05) is 18.9 Å². The van der Waals surface area contributed by atoms with Crippen molar-refractivity contribution in [2.75, 3.05) is 11.9 Å². The Morgan fingerprint density at radius 3 is 2.86 bits per heavy atom. The monoisotopic (exact) mass is 309 g/mol. The van der Waals surface area contributed by atoms with Crippen molar-refractivity contribution in [3.8, 4) is 0 Å². The third-order valence-corrected chi connectivity index (χ3v) is 3.65. The molecule has 21 heavy (non-hydrogen) atoms. The number of halogens is 2. The molecule has 0 radical (unpaired) electrons. The molecule has 0 aliphatic carbocycles. The number of aromatic amines is 1. The highest BCUT2D eigenvalue weighted by atomic mass is 35.5. The predicted octanol–water partition coefficient (Wildman–Crippen LogP) is 2.78. The van der Waals surface area contributed by atoms with Crippen molar-refractivity contribution in [3.05, 3.63) is 52.6 Å². The highest BCUT2D eigenvalue weighted by molar-refractivity contribution is 6.05. The molecule has 2 heterocycles. The average molecular weight is 310 g/mol. The molecule has 1 aromatic carbocycles. The number of anilines is 1. The SMILES string of the molecule is Cc1c[nH]cc1C(=O)Nc1ccc2c(c1F)CCNC2.Cl. The minimum absolute atomic E-state index is 0. The van der Waals surface area contributed by atoms with E-state index in [1.165, 1.54) is 0 Å². The zero-order valence-electron chi connectivity index (χ0n) is 11.6. The number of H-pyrrole nitrogens is 1. The van der Waals surface area contributed by atoms with E-state index >= 15 is 0 Å². The van der Waals surface area contributed by atoms with Gasteiger partial charge in [0.05, 0.1) is 11.3 Å². The van der Waals surface area contributed by atoms with Crippen LogP contribution < -0.4 is 10.6 Å². The van der Waals surface area contributed by atoms with E-state index in [1.54, 1.807) is 18.5 Å². The highest BCUT2D eigenvalue weighted by Crippen LogP contribution is 2.25. The Kier molecular flexibility index (Phi) is 4.65. The molecule has 4 nitrogen and oxygen atoms in total. The third kappa shape index (κ3) is 2.94. The van der Waals surface area contributed by atoms with Gasteiger partial charge in [0.15, 0.2) is 0 Å². The van der Waals surface area contributed by atoms with Crippen LogP contribution in [0.4, 0.5) is 10.1 Å². The van der Waals surface area contributed by atoms with Gasteiger partial charge in [-0.2, -0.15) is 0 Å². The van der Waals surface area contributed by atoms with Crippen molar-refractivity contribution >= 4 is 24.0 Å². The topological polar surface area (TPSA) is 56.9 Å². The van der Waals surface area contributed by atoms with E-state index in [9.17, 15) is 9.18 Å². The van der Waals surface area contributed by atoms with Gasteiger partial charge < -0.3 is 15.6 Å². The average Bonchev–Trinajstić information content (AvgIpc) is 2.88. The Morgan fingerprint density at radius 2 is 2.14 bits per heavy atom. The van der Waals surface area contributed by atoms with Crippen LogP contribution >= 0.6 is 12.4 Å². The van der Waals surface area contributed by atoms with Crippen LogP contribution in [-0.2, 0) is 13.0 Å². The van der Waals surface area contributed by atoms with Crippen molar-refractivity contribution in [3.63, 3.8) is 0 Å². The maximum absolute atomic E-state index is 14.4. The smallest absolute Gasteiger partial charge is 0.257 e. The van der Waals surface area contributed by atoms with Crippen LogP contribution in [0.15, 0.2) is 24.5 Å². The van der Waals surface area contributed by atoms with E-state index in [2.05, 4.69) is 15.6 Å². The first kappa shape index (κ1) is 15.5. The van der Waals surface area contributed by atoms with Crippen LogP contribution in [-0.4, -0.2) is 17.4 Å². The maximum atomic E-state index is 14.4. The molecule has 0 spiro atoms. The molecule has 1 aromatic heterocycles. The van der Waals surface area contributed by atoms with Gasteiger partial charge in [-0.25, -0.2) is 4.39 Å². The number of nitrogens with one attached hydrogen (secondary N) is 3. The number of hydrogen-bond donors (Lipinski definition) is 3. The third-order valence-electron chi connectivity index (χ3n) is 3.65. The fourth-order valence-electron chi connectivity index (χ4n) is 2.51. The van der Waals surface area contributed by atoms with Crippen LogP contribution in [0, 0.1) is 12.7 Å². The highest BCUT2D eigenvalue weighted by Gasteiger charge is 2.18. The largest absolute Gasteiger partial charge is 0.367 e. The van der Waals surface area contributed by atoms with E-state index in [4.69, 9.17) is 0 Å². The Morgan fingerprint density at radius 1 is 1.33 bits per heavy atom. The molecule has 0 saturated heterocycles. The molecular formula is C15H17ClFN3O. The maximum Gasteiger partial charge on any atom is 0.257 e. The molecule has 0 saturated carbocycles. The van der Waals surface area contributed by atoms with Crippen molar-refractivity contribution < 1.29 is 9.18 Å². The van der Waals surface area contributed by atoms with Crippen LogP contribution in [0.25, 0.3) is 0 Å². The molecule has 0 bridgehead atoms. The van der Waals surface area contributed by atoms with Gasteiger partial charge in [-0.1, -0.05) is 6.07 Å². The second-order valence-electron chi connectivity index (χ2n) is 5.00. The summed E-state index contributed by atoms with van der Waals surface area (Å²) in [5.74, 6) is -0.609. The summed E-state index contributed by atoms with van der Waals surface area (Å²) in [6, 6.07) is 3.49. The number of benzene rings is 1. The first-order chi connectivity index (χ1) is 9.66. The number of amides is 1. The van der Waals surface area contributed by atoms with Crippen LogP contribution in [0.2, 0.25) is 0 Å². The lowest BCUT2D eigenvalue weighted by molar-refractivity contribution is 0.102. The van der Waals surface area contributed by atoms with Gasteiger partial charge in [-0.3, -0.25) is 4.79 Å². The van der Waals surface area contributed by atoms with Crippen molar-refractivity contribution in [2.45, 2.75) is 19.9 Å². The first-order valence-electron chi connectivity index (χ1n) is 6.62. The molecule has 6 heteroatoms. The Hall–Kier alpha value is -1.85. The summed E-state index contributed by atoms with van der Waals surface area (Å²) in [6.45, 7) is 3.27. The zero-order chi connectivity index (χ0) is 14.1. The van der Waals surface area contributed by atoms with Gasteiger partial charge in [0.1, 0.15) is 5.82 Å². The Balaban J connectivity index is 0.00000161. The van der Waals surface area contributed by atoms with Crippen LogP contribution in [0.3, 0.4) is 0 Å². The summed E-state index contributed by atoms with van der Waals surface area (Å²) in [6.07, 6.45) is 4.00. The molecule has 2 aromatic rings. The lowest BCUT2D eigenvalue weighted by Gasteiger charge is -2.19. The van der Waals surface area contributed by atoms with Gasteiger partial charge in [0.25, 0.3) is 5.91 Å². The minimum Gasteiger partial charge on any atom is -0.367 e. The van der Waals surface area contributed by atoms with Crippen LogP contribution in [0.1, 0.15) is 27.0 Å². The molecule has 112 valence electrons. The zero-order valence-corrected chi connectivity index (χ0v) is 12.4. The molecule has 0 unspecified atom stereocenters. The number of carbonyl (C=O) groups excluding carboxylic acids is 1. The quantitative estimate of drug-likeness (QED) is 0.799. The predicted molar refractivity (Wildman–Crippen MR) is 82.5 cm³/mol. The number of hydrogen-bond acceptors (Lipinski definition) is 2. The number of carbonyl (C=O) groups is 1. The van der Waals surface area contributed by atoms with Crippen molar-refractivity contribution in [1.82, 2.24) is 10.3 Å². The molecule has 1 amide bonds. The summed E-state index contributed by atoms with van der Waals surface area (Å²) >= 11 is 0. The molecular weight excluding hydrogens is 293 g/mol. The van der Waals surface area contributed by atoms with E-state index in [-0.39, 0.29) is 29.8 Å². The summed E-state index contributed by atoms with van der Waals surface area (Å²) in [5, 5.41) is 5.85. The number of aromatic nitrogens is 1. The van der Waals surface area contributed by atoms with E-state index in [0.29, 0.717) is 24.1 Å². The van der Waals surface area contributed by atoms with Crippen molar-refractivity contribution in [2.24, 2.45) is 0 Å². The number of fused-ring (bicyclic) bond motifs is 1. The van der Waals surface area contributed by atoms with Gasteiger partial charge in [-0.15, -0.1) is 12.4 Å². The second-order valence-corrected chi connectivity index (χ2v) is 5.00. The standard InChI is InChI=1S/C15H16FN3O.ClH/c1-9-6-18-8-12(9)15(20)19-13-3-2-10-7-17-5-4-11(10)14(13)16;/h2-3,6,8,17-18H,4-5,7H2,1H3,(H,19,20);1H. The fraction of sp³-hybridized carbons (Fsp3) is 0.267. The Bertz CT molecular complexity index is 669. The van der Waals surface area contributed by atoms with E-state index in [0.717, 1.165) is 17.7 Å². The molecule has 0 atom stereocenters. The molecule has 1 aliphatic rings. The molecule has 0 fully saturated rings. The Labute approximate surface area is 128 Å². The summed E-state index contributed by atoms with van der Waals surface area (Å²) in [4.78, 5) is 15.0. The van der Waals surface area contributed by atoms with E-state index < -0.39 is 0 Å². The lowest BCUT2D eigenvalue weighted by Crippen LogP contribution is -2.25. The first-order valence-corrected chi connectivity index (χ1v) is 6.62. The second kappa shape index (κ2) is 6.28. The minimum atomic E-state index is -0.314. The lowest BCUT2D eigenvalue weighted by atomic mass is 9.99. The van der Waals surface area contributed by atoms with Gasteiger partial charge >= 0.3 is 0 Å². The van der Waals surface area contributed by atoms with Crippen LogP contribution in [0.5, 0.6) is 0 Å². The summed E-state index contributed by atoms with van der Waals surface area (Å²) in [7, 11) is 0.